The number of hydrogen-bond donors (Lipinski definition) is 5. The quantitative estimate of drug-likeness (QED) is 0.0577. The van der Waals surface area contributed by atoms with E-state index >= 15 is 0 Å². The van der Waals surface area contributed by atoms with Crippen molar-refractivity contribution in [3.8, 4) is 0 Å². The lowest BCUT2D eigenvalue weighted by molar-refractivity contribution is -0.150. The van der Waals surface area contributed by atoms with Gasteiger partial charge in [0.2, 0.25) is 6.41 Å². The minimum absolute atomic E-state index is 0.0588. The van der Waals surface area contributed by atoms with E-state index in [0.717, 1.165) is 21.8 Å². The first-order valence-corrected chi connectivity index (χ1v) is 14.8. The second-order valence-corrected chi connectivity index (χ2v) is 11.9. The zero-order chi connectivity index (χ0) is 27.2. The van der Waals surface area contributed by atoms with E-state index in [0.29, 0.717) is 35.1 Å². The van der Waals surface area contributed by atoms with Crippen molar-refractivity contribution in [2.45, 2.75) is 22.1 Å². The van der Waals surface area contributed by atoms with Crippen LogP contribution in [0.5, 0.6) is 0 Å². The molecule has 0 unspecified atom stereocenters. The number of thiazole rings is 1. The van der Waals surface area contributed by atoms with Crippen LogP contribution in [0, 0.1) is 0 Å². The van der Waals surface area contributed by atoms with E-state index in [1.165, 1.54) is 33.8 Å². The number of thioether (sulfide) groups is 3. The summed E-state index contributed by atoms with van der Waals surface area (Å²) in [4.78, 5) is 58.9. The summed E-state index contributed by atoms with van der Waals surface area (Å²) in [5, 5.41) is 28.4. The molecule has 2 aromatic rings. The Bertz CT molecular complexity index is 1320. The molecular formula is C21H21N7O6S4. The van der Waals surface area contributed by atoms with Crippen molar-refractivity contribution in [3.63, 3.8) is 0 Å². The predicted molar refractivity (Wildman–Crippen MR) is 145 cm³/mol. The summed E-state index contributed by atoms with van der Waals surface area (Å²) in [5.41, 5.74) is 6.00. The fourth-order valence-electron chi connectivity index (χ4n) is 3.62. The summed E-state index contributed by atoms with van der Waals surface area (Å²) in [5.74, 6) is -1.06. The molecular weight excluding hydrogens is 575 g/mol. The number of amides is 3. The van der Waals surface area contributed by atoms with Crippen molar-refractivity contribution in [2.24, 2.45) is 5.16 Å². The average molecular weight is 596 g/mol. The monoisotopic (exact) mass is 595 g/mol. The first-order chi connectivity index (χ1) is 18.3. The molecule has 0 saturated carbocycles. The van der Waals surface area contributed by atoms with Crippen LogP contribution in [0.3, 0.4) is 0 Å². The van der Waals surface area contributed by atoms with Crippen molar-refractivity contribution in [1.82, 2.24) is 25.5 Å². The third-order valence-corrected chi connectivity index (χ3v) is 9.67. The number of pyridine rings is 1. The fourth-order valence-corrected chi connectivity index (χ4v) is 7.68. The number of carbonyl (C=O) groups is 4. The normalized spacial score (nSPS) is 19.0. The van der Waals surface area contributed by atoms with Gasteiger partial charge in [-0.2, -0.15) is 11.8 Å². The molecule has 6 N–H and O–H groups in total. The number of nitrogens with zero attached hydrogens (tertiary/aromatic N) is 4. The van der Waals surface area contributed by atoms with Crippen molar-refractivity contribution in [3.05, 3.63) is 45.7 Å². The van der Waals surface area contributed by atoms with E-state index in [1.54, 1.807) is 30.2 Å². The number of aromatic nitrogens is 2. The third kappa shape index (κ3) is 5.90. The van der Waals surface area contributed by atoms with Crippen molar-refractivity contribution in [2.75, 3.05) is 23.8 Å². The topological polar surface area (TPSA) is 200 Å². The summed E-state index contributed by atoms with van der Waals surface area (Å²) >= 11 is 5.23. The van der Waals surface area contributed by atoms with E-state index in [2.05, 4.69) is 25.8 Å². The Labute approximate surface area is 232 Å². The number of nitrogens with two attached hydrogens (primary N) is 1. The molecule has 4 heterocycles. The highest BCUT2D eigenvalue weighted by Gasteiger charge is 2.54. The van der Waals surface area contributed by atoms with E-state index in [-0.39, 0.29) is 16.5 Å². The largest absolute Gasteiger partial charge is 0.477 e. The highest BCUT2D eigenvalue weighted by Crippen LogP contribution is 2.45. The molecule has 2 aromatic heterocycles. The number of β-lactam (4-membered cyclic amide) rings is 1. The second kappa shape index (κ2) is 12.5. The number of rotatable bonds is 12. The molecule has 17 heteroatoms. The van der Waals surface area contributed by atoms with Gasteiger partial charge >= 0.3 is 5.97 Å². The molecule has 4 rings (SSSR count). The Morgan fingerprint density at radius 1 is 1.39 bits per heavy atom. The number of carboxylic acids is 1. The summed E-state index contributed by atoms with van der Waals surface area (Å²) in [6.45, 7) is 0.529. The summed E-state index contributed by atoms with van der Waals surface area (Å²) in [6.07, 6.45) is 3.96. The SMILES string of the molecule is Nc1nc(/C(=N\O)C(=O)N[C@@H]2C(=O)N3C(C(=O)O)=C(Sc4ccncc4CSCCNC=O)CS[C@H]23)cs1. The van der Waals surface area contributed by atoms with Crippen molar-refractivity contribution >= 4 is 81.7 Å². The Hall–Kier alpha value is -3.28. The molecule has 200 valence electrons. The predicted octanol–water partition coefficient (Wildman–Crippen LogP) is 0.766. The number of fused-ring (bicyclic) bond motifs is 1. The average Bonchev–Trinajstić information content (AvgIpc) is 3.33. The summed E-state index contributed by atoms with van der Waals surface area (Å²) in [6, 6.07) is 0.782. The zero-order valence-electron chi connectivity index (χ0n) is 19.4. The van der Waals surface area contributed by atoms with E-state index in [4.69, 9.17) is 5.73 Å². The van der Waals surface area contributed by atoms with Gasteiger partial charge in [0.15, 0.2) is 10.8 Å². The van der Waals surface area contributed by atoms with Gasteiger partial charge in [0, 0.05) is 51.4 Å². The second-order valence-electron chi connectivity index (χ2n) is 7.67. The molecule has 2 aliphatic heterocycles. The lowest BCUT2D eigenvalue weighted by Crippen LogP contribution is -2.71. The van der Waals surface area contributed by atoms with Crippen LogP contribution >= 0.6 is 46.6 Å². The number of hydrogen-bond acceptors (Lipinski definition) is 13. The molecule has 38 heavy (non-hydrogen) atoms. The Kier molecular flexibility index (Phi) is 9.13. The molecule has 1 fully saturated rings. The molecule has 2 aliphatic rings. The maximum absolute atomic E-state index is 13.0. The van der Waals surface area contributed by atoms with Gasteiger partial charge in [0.1, 0.15) is 22.8 Å². The number of nitrogens with one attached hydrogen (secondary N) is 2. The maximum Gasteiger partial charge on any atom is 0.353 e. The highest BCUT2D eigenvalue weighted by molar-refractivity contribution is 8.06. The Morgan fingerprint density at radius 3 is 2.89 bits per heavy atom. The van der Waals surface area contributed by atoms with E-state index < -0.39 is 34.9 Å². The smallest absolute Gasteiger partial charge is 0.353 e. The lowest BCUT2D eigenvalue weighted by Gasteiger charge is -2.49. The molecule has 0 spiro atoms. The number of aliphatic carboxylic acids is 1. The van der Waals surface area contributed by atoms with Crippen LogP contribution in [-0.2, 0) is 24.9 Å². The first-order valence-electron chi connectivity index (χ1n) is 10.9. The molecule has 0 aromatic carbocycles. The van der Waals surface area contributed by atoms with Crippen LogP contribution in [0.2, 0.25) is 0 Å². The molecule has 0 aliphatic carbocycles. The highest BCUT2D eigenvalue weighted by atomic mass is 32.2. The van der Waals surface area contributed by atoms with Crippen LogP contribution in [0.1, 0.15) is 11.3 Å². The lowest BCUT2D eigenvalue weighted by atomic mass is 10.0. The minimum atomic E-state index is -1.25. The molecule has 13 nitrogen and oxygen atoms in total. The van der Waals surface area contributed by atoms with Gasteiger partial charge in [0.25, 0.3) is 11.8 Å². The number of nitrogen functional groups attached to an aromatic ring is 1. The zero-order valence-corrected chi connectivity index (χ0v) is 22.7. The Morgan fingerprint density at radius 2 is 2.21 bits per heavy atom. The van der Waals surface area contributed by atoms with E-state index in [1.807, 2.05) is 0 Å². The van der Waals surface area contributed by atoms with Crippen LogP contribution in [0.25, 0.3) is 0 Å². The van der Waals surface area contributed by atoms with Crippen LogP contribution in [-0.4, -0.2) is 84.6 Å². The van der Waals surface area contributed by atoms with Crippen LogP contribution in [0.15, 0.2) is 44.5 Å². The molecule has 1 saturated heterocycles. The van der Waals surface area contributed by atoms with Crippen LogP contribution < -0.4 is 16.4 Å². The number of carbonyl (C=O) groups excluding carboxylic acids is 3. The first kappa shape index (κ1) is 27.7. The van der Waals surface area contributed by atoms with Gasteiger partial charge < -0.3 is 26.7 Å². The van der Waals surface area contributed by atoms with Crippen LogP contribution in [0.4, 0.5) is 5.13 Å². The fraction of sp³-hybridized carbons (Fsp3) is 0.286. The Balaban J connectivity index is 1.48. The number of carboxylic acid groups (broad SMARTS) is 1. The van der Waals surface area contributed by atoms with Crippen molar-refractivity contribution in [1.29, 1.82) is 0 Å². The summed E-state index contributed by atoms with van der Waals surface area (Å²) < 4.78 is 0. The molecule has 0 radical (unpaired) electrons. The molecule has 2 atom stereocenters. The van der Waals surface area contributed by atoms with Gasteiger partial charge in [-0.25, -0.2) is 9.78 Å². The van der Waals surface area contributed by atoms with E-state index in [9.17, 15) is 29.5 Å². The maximum atomic E-state index is 13.0. The summed E-state index contributed by atoms with van der Waals surface area (Å²) in [7, 11) is 0. The molecule has 3 amide bonds. The van der Waals surface area contributed by atoms with Crippen molar-refractivity contribution < 1.29 is 29.5 Å². The van der Waals surface area contributed by atoms with Gasteiger partial charge in [-0.05, 0) is 11.6 Å². The van der Waals surface area contributed by atoms with Gasteiger partial charge in [-0.3, -0.25) is 24.3 Å². The van der Waals surface area contributed by atoms with Gasteiger partial charge in [0.05, 0.1) is 0 Å². The standard InChI is InChI=1S/C21H21N7O6S4/c22-21-25-11(7-37-21)14(27-34)17(30)26-15-18(31)28-16(20(32)33)13(8-36-19(15)28)38-12-1-2-23-5-10(12)6-35-4-3-24-9-29/h1-2,5,7,9,15,19,34H,3-4,6,8H2,(H2,22,25)(H,24,29)(H,26,30)(H,32,33)/b27-14+/t15-,19-/m1/s1. The van der Waals surface area contributed by atoms with Gasteiger partial charge in [-0.1, -0.05) is 16.9 Å². The number of oxime groups is 1. The third-order valence-electron chi connectivity index (χ3n) is 5.33. The minimum Gasteiger partial charge on any atom is -0.477 e. The van der Waals surface area contributed by atoms with Gasteiger partial charge in [-0.15, -0.1) is 23.1 Å². The number of anilines is 1. The molecule has 0 bridgehead atoms.